The number of rotatable bonds is 5. The molecule has 0 saturated carbocycles. The maximum absolute atomic E-state index is 10.5. The van der Waals surface area contributed by atoms with E-state index in [0.717, 1.165) is 16.2 Å². The summed E-state index contributed by atoms with van der Waals surface area (Å²) in [6.07, 6.45) is 2.66. The summed E-state index contributed by atoms with van der Waals surface area (Å²) in [5.74, 6) is 0.0373. The molecule has 82 valence electrons. The van der Waals surface area contributed by atoms with Crippen LogP contribution in [0.1, 0.15) is 12.0 Å². The summed E-state index contributed by atoms with van der Waals surface area (Å²) in [7, 11) is 1.62. The van der Waals surface area contributed by atoms with Gasteiger partial charge in [-0.05, 0) is 24.3 Å². The van der Waals surface area contributed by atoms with Crippen LogP contribution >= 0.6 is 11.8 Å². The second kappa shape index (κ2) is 5.66. The van der Waals surface area contributed by atoms with Gasteiger partial charge in [0.2, 0.25) is 0 Å². The number of methoxy groups -OCH3 is 1. The fourth-order valence-corrected chi connectivity index (χ4v) is 2.18. The molecular formula is C11H14O3S. The van der Waals surface area contributed by atoms with Gasteiger partial charge < -0.3 is 9.84 Å². The van der Waals surface area contributed by atoms with E-state index in [4.69, 9.17) is 9.84 Å². The minimum Gasteiger partial charge on any atom is -0.496 e. The molecule has 1 aromatic carbocycles. The van der Waals surface area contributed by atoms with Gasteiger partial charge in [0.1, 0.15) is 5.75 Å². The first kappa shape index (κ1) is 11.9. The second-order valence-corrected chi connectivity index (χ2v) is 3.86. The van der Waals surface area contributed by atoms with Crippen LogP contribution in [0, 0.1) is 0 Å². The lowest BCUT2D eigenvalue weighted by Gasteiger charge is -2.10. The van der Waals surface area contributed by atoms with E-state index < -0.39 is 5.97 Å². The third-order valence-electron chi connectivity index (χ3n) is 2.09. The predicted octanol–water partition coefficient (Wildman–Crippen LogP) is 2.43. The van der Waals surface area contributed by atoms with Crippen molar-refractivity contribution in [3.63, 3.8) is 0 Å². The molecule has 0 aliphatic rings. The molecule has 0 radical (unpaired) electrons. The highest BCUT2D eigenvalue weighted by Crippen LogP contribution is 2.31. The molecule has 0 aliphatic carbocycles. The third kappa shape index (κ3) is 3.16. The molecule has 3 nitrogen and oxygen atoms in total. The maximum atomic E-state index is 10.5. The number of hydrogen-bond donors (Lipinski definition) is 1. The molecule has 0 unspecified atom stereocenters. The first-order valence-corrected chi connectivity index (χ1v) is 5.83. The molecule has 4 heteroatoms. The van der Waals surface area contributed by atoms with Crippen molar-refractivity contribution in [2.75, 3.05) is 13.4 Å². The topological polar surface area (TPSA) is 46.5 Å². The van der Waals surface area contributed by atoms with Crippen molar-refractivity contribution in [2.24, 2.45) is 0 Å². The SMILES string of the molecule is COc1cccc(CCC(=O)O)c1SC. The standard InChI is InChI=1S/C11H14O3S/c1-14-9-5-3-4-8(11(9)15-2)6-7-10(12)13/h3-5H,6-7H2,1-2H3,(H,12,13). The molecule has 0 aromatic heterocycles. The highest BCUT2D eigenvalue weighted by Gasteiger charge is 2.08. The molecule has 0 heterocycles. The summed E-state index contributed by atoms with van der Waals surface area (Å²) in [6, 6.07) is 5.71. The lowest BCUT2D eigenvalue weighted by Crippen LogP contribution is -1.99. The Balaban J connectivity index is 2.90. The molecule has 0 saturated heterocycles. The average Bonchev–Trinajstić information content (AvgIpc) is 2.25. The van der Waals surface area contributed by atoms with Gasteiger partial charge in [-0.3, -0.25) is 4.79 Å². The molecule has 0 aliphatic heterocycles. The van der Waals surface area contributed by atoms with Gasteiger partial charge in [0.15, 0.2) is 0 Å². The second-order valence-electron chi connectivity index (χ2n) is 3.05. The fraction of sp³-hybridized carbons (Fsp3) is 0.364. The average molecular weight is 226 g/mol. The van der Waals surface area contributed by atoms with Crippen LogP contribution in [-0.2, 0) is 11.2 Å². The number of hydrogen-bond acceptors (Lipinski definition) is 3. The fourth-order valence-electron chi connectivity index (χ4n) is 1.39. The quantitative estimate of drug-likeness (QED) is 0.783. The molecular weight excluding hydrogens is 212 g/mol. The van der Waals surface area contributed by atoms with Crippen LogP contribution in [0.25, 0.3) is 0 Å². The highest BCUT2D eigenvalue weighted by molar-refractivity contribution is 7.98. The minimum atomic E-state index is -0.773. The highest BCUT2D eigenvalue weighted by atomic mass is 32.2. The van der Waals surface area contributed by atoms with Gasteiger partial charge in [0.05, 0.1) is 12.0 Å². The molecule has 1 aromatic rings. The van der Waals surface area contributed by atoms with Gasteiger partial charge in [-0.15, -0.1) is 11.8 Å². The lowest BCUT2D eigenvalue weighted by atomic mass is 10.1. The van der Waals surface area contributed by atoms with Gasteiger partial charge in [-0.2, -0.15) is 0 Å². The molecule has 0 spiro atoms. The van der Waals surface area contributed by atoms with Crippen molar-refractivity contribution in [1.29, 1.82) is 0 Å². The number of carboxylic acids is 1. The van der Waals surface area contributed by atoms with E-state index in [1.807, 2.05) is 24.5 Å². The summed E-state index contributed by atoms with van der Waals surface area (Å²) in [6.45, 7) is 0. The first-order chi connectivity index (χ1) is 7.19. The Hall–Kier alpha value is -1.16. The zero-order valence-corrected chi connectivity index (χ0v) is 9.63. The van der Waals surface area contributed by atoms with Gasteiger partial charge in [0, 0.05) is 6.42 Å². The van der Waals surface area contributed by atoms with Gasteiger partial charge >= 0.3 is 5.97 Å². The van der Waals surface area contributed by atoms with Crippen LogP contribution in [0.4, 0.5) is 0 Å². The zero-order chi connectivity index (χ0) is 11.3. The summed E-state index contributed by atoms with van der Waals surface area (Å²) in [5.41, 5.74) is 1.03. The Labute approximate surface area is 93.4 Å². The van der Waals surface area contributed by atoms with E-state index in [2.05, 4.69) is 0 Å². The molecule has 0 bridgehead atoms. The van der Waals surface area contributed by atoms with Crippen molar-refractivity contribution in [2.45, 2.75) is 17.7 Å². The molecule has 15 heavy (non-hydrogen) atoms. The van der Waals surface area contributed by atoms with Gasteiger partial charge in [-0.1, -0.05) is 12.1 Å². The van der Waals surface area contributed by atoms with Crippen LogP contribution < -0.4 is 4.74 Å². The number of carboxylic acid groups (broad SMARTS) is 1. The van der Waals surface area contributed by atoms with E-state index in [0.29, 0.717) is 6.42 Å². The summed E-state index contributed by atoms with van der Waals surface area (Å²) in [4.78, 5) is 11.5. The predicted molar refractivity (Wildman–Crippen MR) is 60.7 cm³/mol. The Morgan fingerprint density at radius 3 is 2.80 bits per heavy atom. The van der Waals surface area contributed by atoms with Crippen molar-refractivity contribution in [1.82, 2.24) is 0 Å². The van der Waals surface area contributed by atoms with E-state index in [1.165, 1.54) is 0 Å². The number of carbonyl (C=O) groups is 1. The smallest absolute Gasteiger partial charge is 0.303 e. The van der Waals surface area contributed by atoms with Crippen molar-refractivity contribution in [3.8, 4) is 5.75 Å². The minimum absolute atomic E-state index is 0.153. The molecule has 0 amide bonds. The summed E-state index contributed by atoms with van der Waals surface area (Å²) < 4.78 is 5.22. The summed E-state index contributed by atoms with van der Waals surface area (Å²) in [5, 5.41) is 8.63. The van der Waals surface area contributed by atoms with Crippen LogP contribution in [0.5, 0.6) is 5.75 Å². The first-order valence-electron chi connectivity index (χ1n) is 4.60. The lowest BCUT2D eigenvalue weighted by molar-refractivity contribution is -0.136. The largest absolute Gasteiger partial charge is 0.496 e. The Morgan fingerprint density at radius 1 is 1.53 bits per heavy atom. The van der Waals surface area contributed by atoms with Gasteiger partial charge in [0.25, 0.3) is 0 Å². The van der Waals surface area contributed by atoms with Crippen LogP contribution in [0.2, 0.25) is 0 Å². The van der Waals surface area contributed by atoms with E-state index in [-0.39, 0.29) is 6.42 Å². The Kier molecular flexibility index (Phi) is 4.49. The Bertz CT molecular complexity index is 350. The zero-order valence-electron chi connectivity index (χ0n) is 8.82. The van der Waals surface area contributed by atoms with Crippen LogP contribution in [-0.4, -0.2) is 24.4 Å². The Morgan fingerprint density at radius 2 is 2.27 bits per heavy atom. The van der Waals surface area contributed by atoms with Crippen LogP contribution in [0.3, 0.4) is 0 Å². The normalized spacial score (nSPS) is 10.0. The van der Waals surface area contributed by atoms with Crippen molar-refractivity contribution in [3.05, 3.63) is 23.8 Å². The molecule has 0 fully saturated rings. The number of thioether (sulfide) groups is 1. The third-order valence-corrected chi connectivity index (χ3v) is 2.96. The van der Waals surface area contributed by atoms with Gasteiger partial charge in [-0.25, -0.2) is 0 Å². The molecule has 1 rings (SSSR count). The number of benzene rings is 1. The monoisotopic (exact) mass is 226 g/mol. The van der Waals surface area contributed by atoms with E-state index in [1.54, 1.807) is 18.9 Å². The molecule has 0 atom stereocenters. The van der Waals surface area contributed by atoms with Crippen LogP contribution in [0.15, 0.2) is 23.1 Å². The van der Waals surface area contributed by atoms with Crippen molar-refractivity contribution >= 4 is 17.7 Å². The maximum Gasteiger partial charge on any atom is 0.303 e. The van der Waals surface area contributed by atoms with E-state index >= 15 is 0 Å². The van der Waals surface area contributed by atoms with E-state index in [9.17, 15) is 4.79 Å². The number of aliphatic carboxylic acids is 1. The number of ether oxygens (including phenoxy) is 1. The summed E-state index contributed by atoms with van der Waals surface area (Å²) >= 11 is 1.58. The van der Waals surface area contributed by atoms with Crippen molar-refractivity contribution < 1.29 is 14.6 Å². The molecule has 1 N–H and O–H groups in total. The number of aryl methyl sites for hydroxylation is 1.